The number of methoxy groups -OCH3 is 1. The number of para-hydroxylation sites is 2. The number of nitrogens with zero attached hydrogens (tertiary/aromatic N) is 4. The Bertz CT molecular complexity index is 1250. The summed E-state index contributed by atoms with van der Waals surface area (Å²) in [6.45, 7) is 7.41. The molecular formula is C26H29N5O2S2. The molecule has 0 unspecified atom stereocenters. The zero-order valence-electron chi connectivity index (χ0n) is 20.3. The van der Waals surface area contributed by atoms with Crippen molar-refractivity contribution in [2.75, 3.05) is 29.6 Å². The predicted octanol–water partition coefficient (Wildman–Crippen LogP) is 5.97. The molecule has 1 N–H and O–H groups in total. The molecule has 4 aromatic rings. The van der Waals surface area contributed by atoms with Crippen molar-refractivity contribution in [2.45, 2.75) is 32.0 Å². The van der Waals surface area contributed by atoms with Gasteiger partial charge in [-0.25, -0.2) is 0 Å². The van der Waals surface area contributed by atoms with Crippen LogP contribution in [0.3, 0.4) is 0 Å². The van der Waals surface area contributed by atoms with Crippen LogP contribution in [-0.2, 0) is 4.79 Å². The molecule has 182 valence electrons. The summed E-state index contributed by atoms with van der Waals surface area (Å²) in [7, 11) is 1.64. The molecule has 0 aliphatic carbocycles. The molecule has 0 aliphatic heterocycles. The number of anilines is 2. The predicted molar refractivity (Wildman–Crippen MR) is 145 cm³/mol. The highest BCUT2D eigenvalue weighted by molar-refractivity contribution is 7.99. The molecule has 0 saturated carbocycles. The number of rotatable bonds is 10. The number of amides is 1. The Morgan fingerprint density at radius 1 is 1.11 bits per heavy atom. The number of ether oxygens (including phenoxy) is 1. The van der Waals surface area contributed by atoms with Crippen LogP contribution in [-0.4, -0.2) is 46.1 Å². The lowest BCUT2D eigenvalue weighted by atomic mass is 10.2. The van der Waals surface area contributed by atoms with E-state index in [4.69, 9.17) is 4.74 Å². The lowest BCUT2D eigenvalue weighted by Crippen LogP contribution is -2.30. The second-order valence-corrected chi connectivity index (χ2v) is 9.94. The molecule has 0 atom stereocenters. The van der Waals surface area contributed by atoms with Crippen LogP contribution in [0.4, 0.5) is 11.4 Å². The summed E-state index contributed by atoms with van der Waals surface area (Å²) in [5.74, 6) is 1.52. The molecule has 0 aliphatic rings. The van der Waals surface area contributed by atoms with E-state index in [2.05, 4.69) is 41.2 Å². The van der Waals surface area contributed by atoms with Gasteiger partial charge in [-0.05, 0) is 68.6 Å². The van der Waals surface area contributed by atoms with Crippen LogP contribution in [0.15, 0.2) is 71.2 Å². The van der Waals surface area contributed by atoms with E-state index in [9.17, 15) is 4.79 Å². The summed E-state index contributed by atoms with van der Waals surface area (Å²) in [6, 6.07) is 20.1. The Balaban J connectivity index is 1.51. The number of nitrogens with one attached hydrogen (secondary N) is 1. The largest absolute Gasteiger partial charge is 0.495 e. The third kappa shape index (κ3) is 5.68. The number of thiophene rings is 1. The maximum Gasteiger partial charge on any atom is 0.234 e. The molecule has 4 rings (SSSR count). The summed E-state index contributed by atoms with van der Waals surface area (Å²) in [5, 5.41) is 14.4. The van der Waals surface area contributed by atoms with Crippen molar-refractivity contribution in [3.05, 3.63) is 66.0 Å². The Kier molecular flexibility index (Phi) is 8.09. The number of hydrogen-bond acceptors (Lipinski definition) is 7. The summed E-state index contributed by atoms with van der Waals surface area (Å²) in [6.07, 6.45) is 0. The highest BCUT2D eigenvalue weighted by atomic mass is 32.2. The molecule has 0 spiro atoms. The highest BCUT2D eigenvalue weighted by Crippen LogP contribution is 2.34. The lowest BCUT2D eigenvalue weighted by Gasteiger charge is -2.27. The zero-order chi connectivity index (χ0) is 24.8. The zero-order valence-corrected chi connectivity index (χ0v) is 21.9. The minimum absolute atomic E-state index is 0.105. The van der Waals surface area contributed by atoms with Crippen LogP contribution in [0.2, 0.25) is 0 Å². The monoisotopic (exact) mass is 507 g/mol. The summed E-state index contributed by atoms with van der Waals surface area (Å²) in [4.78, 5) is 16.0. The first-order valence-electron chi connectivity index (χ1n) is 11.4. The lowest BCUT2D eigenvalue weighted by molar-refractivity contribution is -0.113. The standard InChI is InChI=1S/C26H29N5O2S2/c1-5-30(18(2)3)20-14-12-19(13-15-20)27-24(32)17-35-26-29-28-25(23-11-8-16-34-23)31(26)21-9-6-7-10-22(21)33-4/h6-16,18H,5,17H2,1-4H3,(H,27,32). The maximum atomic E-state index is 12.8. The van der Waals surface area contributed by atoms with Gasteiger partial charge in [-0.1, -0.05) is 30.0 Å². The average Bonchev–Trinajstić information content (AvgIpc) is 3.54. The molecule has 2 aromatic carbocycles. The molecular weight excluding hydrogens is 478 g/mol. The van der Waals surface area contributed by atoms with Crippen molar-refractivity contribution < 1.29 is 9.53 Å². The topological polar surface area (TPSA) is 72.3 Å². The van der Waals surface area contributed by atoms with E-state index < -0.39 is 0 Å². The van der Waals surface area contributed by atoms with E-state index >= 15 is 0 Å². The number of carbonyl (C=O) groups excluding carboxylic acids is 1. The number of benzene rings is 2. The van der Waals surface area contributed by atoms with Crippen LogP contribution in [0.1, 0.15) is 20.8 Å². The van der Waals surface area contributed by atoms with Gasteiger partial charge in [0.15, 0.2) is 11.0 Å². The van der Waals surface area contributed by atoms with Gasteiger partial charge in [0.1, 0.15) is 5.75 Å². The van der Waals surface area contributed by atoms with Crippen molar-refractivity contribution in [1.82, 2.24) is 14.8 Å². The van der Waals surface area contributed by atoms with Gasteiger partial charge in [-0.15, -0.1) is 21.5 Å². The fourth-order valence-electron chi connectivity index (χ4n) is 3.87. The van der Waals surface area contributed by atoms with Gasteiger partial charge < -0.3 is 15.0 Å². The quantitative estimate of drug-likeness (QED) is 0.267. The minimum Gasteiger partial charge on any atom is -0.495 e. The van der Waals surface area contributed by atoms with Crippen molar-refractivity contribution in [1.29, 1.82) is 0 Å². The Morgan fingerprint density at radius 2 is 1.89 bits per heavy atom. The molecule has 7 nitrogen and oxygen atoms in total. The van der Waals surface area contributed by atoms with Gasteiger partial charge in [-0.3, -0.25) is 9.36 Å². The molecule has 0 fully saturated rings. The van der Waals surface area contributed by atoms with E-state index in [0.717, 1.165) is 28.5 Å². The van der Waals surface area contributed by atoms with Crippen LogP contribution in [0.25, 0.3) is 16.4 Å². The van der Waals surface area contributed by atoms with Gasteiger partial charge in [0, 0.05) is 24.0 Å². The molecule has 9 heteroatoms. The molecule has 0 saturated heterocycles. The first kappa shape index (κ1) is 24.8. The number of thioether (sulfide) groups is 1. The van der Waals surface area contributed by atoms with E-state index in [0.29, 0.717) is 22.8 Å². The average molecular weight is 508 g/mol. The second kappa shape index (κ2) is 11.4. The Labute approximate surface area is 214 Å². The number of aromatic nitrogens is 3. The van der Waals surface area contributed by atoms with Crippen molar-refractivity contribution in [3.8, 4) is 22.1 Å². The van der Waals surface area contributed by atoms with Crippen molar-refractivity contribution in [2.24, 2.45) is 0 Å². The van der Waals surface area contributed by atoms with Crippen LogP contribution < -0.4 is 15.0 Å². The third-order valence-electron chi connectivity index (χ3n) is 5.48. The van der Waals surface area contributed by atoms with Gasteiger partial charge in [-0.2, -0.15) is 0 Å². The third-order valence-corrected chi connectivity index (χ3v) is 7.27. The molecule has 35 heavy (non-hydrogen) atoms. The van der Waals surface area contributed by atoms with E-state index in [1.165, 1.54) is 11.8 Å². The summed E-state index contributed by atoms with van der Waals surface area (Å²) >= 11 is 2.93. The Hall–Kier alpha value is -3.30. The van der Waals surface area contributed by atoms with E-state index in [1.807, 2.05) is 70.6 Å². The van der Waals surface area contributed by atoms with Gasteiger partial charge in [0.25, 0.3) is 0 Å². The molecule has 0 bridgehead atoms. The van der Waals surface area contributed by atoms with Gasteiger partial charge in [0.2, 0.25) is 5.91 Å². The second-order valence-electron chi connectivity index (χ2n) is 8.05. The summed E-state index contributed by atoms with van der Waals surface area (Å²) < 4.78 is 7.53. The molecule has 0 radical (unpaired) electrons. The van der Waals surface area contributed by atoms with Crippen LogP contribution >= 0.6 is 23.1 Å². The minimum atomic E-state index is -0.105. The first-order valence-corrected chi connectivity index (χ1v) is 13.3. The number of hydrogen-bond donors (Lipinski definition) is 1. The fourth-order valence-corrected chi connectivity index (χ4v) is 5.31. The van der Waals surface area contributed by atoms with Gasteiger partial charge >= 0.3 is 0 Å². The maximum absolute atomic E-state index is 12.8. The molecule has 2 heterocycles. The normalized spacial score (nSPS) is 11.0. The van der Waals surface area contributed by atoms with Gasteiger partial charge in [0.05, 0.1) is 23.4 Å². The summed E-state index contributed by atoms with van der Waals surface area (Å²) in [5.41, 5.74) is 2.73. The van der Waals surface area contributed by atoms with Crippen LogP contribution in [0.5, 0.6) is 5.75 Å². The highest BCUT2D eigenvalue weighted by Gasteiger charge is 2.20. The van der Waals surface area contributed by atoms with E-state index in [1.54, 1.807) is 18.4 Å². The smallest absolute Gasteiger partial charge is 0.234 e. The molecule has 1 amide bonds. The SMILES string of the molecule is CCN(c1ccc(NC(=O)CSc2nnc(-c3cccs3)n2-c2ccccc2OC)cc1)C(C)C. The number of carbonyl (C=O) groups is 1. The van der Waals surface area contributed by atoms with Crippen LogP contribution in [0, 0.1) is 0 Å². The van der Waals surface area contributed by atoms with Crippen molar-refractivity contribution >= 4 is 40.4 Å². The van der Waals surface area contributed by atoms with Crippen molar-refractivity contribution in [3.63, 3.8) is 0 Å². The molecule has 2 aromatic heterocycles. The Morgan fingerprint density at radius 3 is 2.54 bits per heavy atom. The fraction of sp³-hybridized carbons (Fsp3) is 0.269. The first-order chi connectivity index (χ1) is 17.0. The van der Waals surface area contributed by atoms with E-state index in [-0.39, 0.29) is 11.7 Å².